The molecule has 3 N–H and O–H groups in total. The third kappa shape index (κ3) is 6.48. The summed E-state index contributed by atoms with van der Waals surface area (Å²) in [5, 5.41) is 12.8. The second kappa shape index (κ2) is 10.3. The Kier molecular flexibility index (Phi) is 6.97. The van der Waals surface area contributed by atoms with Crippen LogP contribution in [0.5, 0.6) is 0 Å². The van der Waals surface area contributed by atoms with Crippen LogP contribution in [0, 0.1) is 0 Å². The van der Waals surface area contributed by atoms with Crippen LogP contribution in [0.4, 0.5) is 27.7 Å². The Bertz CT molecular complexity index is 1210. The number of nitrogens with one attached hydrogen (secondary N) is 3. The minimum Gasteiger partial charge on any atom is -0.359 e. The van der Waals surface area contributed by atoms with Gasteiger partial charge in [-0.15, -0.1) is 0 Å². The van der Waals surface area contributed by atoms with Gasteiger partial charge in [-0.2, -0.15) is 0 Å². The largest absolute Gasteiger partial charge is 0.359 e. The maximum Gasteiger partial charge on any atom is 0.324 e. The highest BCUT2D eigenvalue weighted by Crippen LogP contribution is 2.25. The molecule has 1 heterocycles. The fourth-order valence-corrected chi connectivity index (χ4v) is 3.46. The molecule has 4 aromatic rings. The molecule has 1 aromatic heterocycles. The van der Waals surface area contributed by atoms with Crippen LogP contribution >= 0.6 is 0 Å². The fourth-order valence-electron chi connectivity index (χ4n) is 3.46. The summed E-state index contributed by atoms with van der Waals surface area (Å²) >= 11 is 0. The first-order valence-electron chi connectivity index (χ1n) is 11.4. The third-order valence-electron chi connectivity index (χ3n) is 5.42. The number of benzene rings is 3. The average molecular weight is 455 g/mol. The molecule has 0 atom stereocenters. The highest BCUT2D eigenvalue weighted by Gasteiger charge is 2.20. The molecular formula is C28H30N4O2. The van der Waals surface area contributed by atoms with Gasteiger partial charge in [-0.05, 0) is 60.4 Å². The highest BCUT2D eigenvalue weighted by atomic mass is 16.5. The van der Waals surface area contributed by atoms with Crippen LogP contribution in [0.3, 0.4) is 0 Å². The van der Waals surface area contributed by atoms with Crippen molar-refractivity contribution < 1.29 is 9.32 Å². The molecule has 0 bridgehead atoms. The molecule has 6 nitrogen and oxygen atoms in total. The average Bonchev–Trinajstić information content (AvgIpc) is 3.30. The van der Waals surface area contributed by atoms with Crippen molar-refractivity contribution >= 4 is 28.9 Å². The molecule has 0 saturated carbocycles. The molecule has 3 aromatic carbocycles. The Labute approximate surface area is 200 Å². The SMILES string of the molecule is CC(C)(C)c1cc(NC(=O)Nc2ccc(Nc3ccc(CCc4ccccc4)cc3)cc2)no1. The van der Waals surface area contributed by atoms with E-state index in [0.717, 1.165) is 24.2 Å². The zero-order valence-corrected chi connectivity index (χ0v) is 19.8. The van der Waals surface area contributed by atoms with Crippen molar-refractivity contribution in [3.05, 3.63) is 102 Å². The maximum absolute atomic E-state index is 12.3. The smallest absolute Gasteiger partial charge is 0.324 e. The number of urea groups is 1. The summed E-state index contributed by atoms with van der Waals surface area (Å²) in [6, 6.07) is 27.9. The minimum absolute atomic E-state index is 0.172. The van der Waals surface area contributed by atoms with E-state index in [4.69, 9.17) is 4.52 Å². The third-order valence-corrected chi connectivity index (χ3v) is 5.42. The van der Waals surface area contributed by atoms with E-state index in [2.05, 4.69) is 69.6 Å². The van der Waals surface area contributed by atoms with Crippen LogP contribution in [-0.2, 0) is 18.3 Å². The number of carbonyl (C=O) groups excluding carboxylic acids is 1. The Hall–Kier alpha value is -4.06. The lowest BCUT2D eigenvalue weighted by Gasteiger charge is -2.12. The van der Waals surface area contributed by atoms with Crippen molar-refractivity contribution in [2.75, 3.05) is 16.0 Å². The summed E-state index contributed by atoms with van der Waals surface area (Å²) in [5.74, 6) is 1.09. The second-order valence-electron chi connectivity index (χ2n) is 9.29. The number of aromatic nitrogens is 1. The van der Waals surface area contributed by atoms with Gasteiger partial charge in [-0.3, -0.25) is 5.32 Å². The summed E-state index contributed by atoms with van der Waals surface area (Å²) in [6.45, 7) is 6.06. The van der Waals surface area contributed by atoms with E-state index < -0.39 is 0 Å². The summed E-state index contributed by atoms with van der Waals surface area (Å²) in [6.07, 6.45) is 2.04. The molecule has 0 aliphatic rings. The summed E-state index contributed by atoms with van der Waals surface area (Å²) in [4.78, 5) is 12.3. The zero-order chi connectivity index (χ0) is 24.0. The van der Waals surface area contributed by atoms with Crippen molar-refractivity contribution in [2.24, 2.45) is 0 Å². The van der Waals surface area contributed by atoms with E-state index in [-0.39, 0.29) is 11.4 Å². The van der Waals surface area contributed by atoms with Gasteiger partial charge in [-0.25, -0.2) is 4.79 Å². The lowest BCUT2D eigenvalue weighted by atomic mass is 9.93. The predicted molar refractivity (Wildman–Crippen MR) is 138 cm³/mol. The van der Waals surface area contributed by atoms with E-state index in [1.54, 1.807) is 6.07 Å². The van der Waals surface area contributed by atoms with Crippen molar-refractivity contribution in [3.63, 3.8) is 0 Å². The standard InChI is InChI=1S/C28H30N4O2/c1-28(2,3)25-19-26(32-34-25)31-27(33)30-24-17-15-23(16-18-24)29-22-13-11-21(12-14-22)10-9-20-7-5-4-6-8-20/h4-8,11-19,29H,9-10H2,1-3H3,(H2,30,31,32,33). The molecule has 0 fully saturated rings. The number of amides is 2. The Morgan fingerprint density at radius 3 is 1.91 bits per heavy atom. The van der Waals surface area contributed by atoms with E-state index in [1.807, 2.05) is 51.1 Å². The van der Waals surface area contributed by atoms with Crippen molar-refractivity contribution in [2.45, 2.75) is 39.0 Å². The van der Waals surface area contributed by atoms with Gasteiger partial charge < -0.3 is 15.2 Å². The van der Waals surface area contributed by atoms with Crippen LogP contribution in [0.25, 0.3) is 0 Å². The number of rotatable bonds is 7. The molecule has 174 valence electrons. The first kappa shape index (κ1) is 23.1. The van der Waals surface area contributed by atoms with Gasteiger partial charge in [0, 0.05) is 28.5 Å². The van der Waals surface area contributed by atoms with Crippen LogP contribution in [-0.4, -0.2) is 11.2 Å². The molecule has 0 radical (unpaired) electrons. The molecule has 0 aliphatic heterocycles. The first-order chi connectivity index (χ1) is 16.3. The van der Waals surface area contributed by atoms with Gasteiger partial charge >= 0.3 is 6.03 Å². The van der Waals surface area contributed by atoms with Crippen molar-refractivity contribution in [1.82, 2.24) is 5.16 Å². The monoisotopic (exact) mass is 454 g/mol. The van der Waals surface area contributed by atoms with Gasteiger partial charge in [0.1, 0.15) is 5.76 Å². The van der Waals surface area contributed by atoms with Crippen molar-refractivity contribution in [1.29, 1.82) is 0 Å². The number of aryl methyl sites for hydroxylation is 2. The number of hydrogen-bond acceptors (Lipinski definition) is 4. The van der Waals surface area contributed by atoms with E-state index in [1.165, 1.54) is 11.1 Å². The summed E-state index contributed by atoms with van der Waals surface area (Å²) < 4.78 is 5.29. The minimum atomic E-state index is -0.374. The molecule has 0 spiro atoms. The topological polar surface area (TPSA) is 79.2 Å². The van der Waals surface area contributed by atoms with Gasteiger partial charge in [0.15, 0.2) is 5.82 Å². The molecule has 0 aliphatic carbocycles. The van der Waals surface area contributed by atoms with Crippen LogP contribution < -0.4 is 16.0 Å². The summed E-state index contributed by atoms with van der Waals surface area (Å²) in [7, 11) is 0. The van der Waals surface area contributed by atoms with Crippen LogP contribution in [0.1, 0.15) is 37.7 Å². The highest BCUT2D eigenvalue weighted by molar-refractivity contribution is 5.99. The number of hydrogen-bond donors (Lipinski definition) is 3. The van der Waals surface area contributed by atoms with Crippen molar-refractivity contribution in [3.8, 4) is 0 Å². The van der Waals surface area contributed by atoms with Crippen LogP contribution in [0.15, 0.2) is 89.5 Å². The van der Waals surface area contributed by atoms with Gasteiger partial charge in [0.25, 0.3) is 0 Å². The summed E-state index contributed by atoms with van der Waals surface area (Å²) in [5.41, 5.74) is 5.12. The van der Waals surface area contributed by atoms with E-state index in [9.17, 15) is 4.79 Å². The Balaban J connectivity index is 1.27. The number of nitrogens with zero attached hydrogens (tertiary/aromatic N) is 1. The molecule has 0 unspecified atom stereocenters. The first-order valence-corrected chi connectivity index (χ1v) is 11.4. The molecule has 2 amide bonds. The predicted octanol–water partition coefficient (Wildman–Crippen LogP) is 7.14. The Morgan fingerprint density at radius 2 is 1.32 bits per heavy atom. The molecular weight excluding hydrogens is 424 g/mol. The maximum atomic E-state index is 12.3. The van der Waals surface area contributed by atoms with Crippen LogP contribution in [0.2, 0.25) is 0 Å². The quantitative estimate of drug-likeness (QED) is 0.277. The zero-order valence-electron chi connectivity index (χ0n) is 19.8. The van der Waals surface area contributed by atoms with Gasteiger partial charge in [0.05, 0.1) is 0 Å². The molecule has 34 heavy (non-hydrogen) atoms. The van der Waals surface area contributed by atoms with Gasteiger partial charge in [-0.1, -0.05) is 68.4 Å². The van der Waals surface area contributed by atoms with Gasteiger partial charge in [0.2, 0.25) is 0 Å². The fraction of sp³-hybridized carbons (Fsp3) is 0.214. The molecule has 6 heteroatoms. The number of carbonyl (C=O) groups is 1. The lowest BCUT2D eigenvalue weighted by molar-refractivity contribution is 0.262. The number of anilines is 4. The molecule has 0 saturated heterocycles. The second-order valence-corrected chi connectivity index (χ2v) is 9.29. The van der Waals surface area contributed by atoms with E-state index >= 15 is 0 Å². The normalized spacial score (nSPS) is 11.1. The Morgan fingerprint density at radius 1 is 0.765 bits per heavy atom. The van der Waals surface area contributed by atoms with E-state index in [0.29, 0.717) is 17.3 Å². The lowest BCUT2D eigenvalue weighted by Crippen LogP contribution is -2.19. The molecule has 4 rings (SSSR count).